The van der Waals surface area contributed by atoms with E-state index < -0.39 is 0 Å². The summed E-state index contributed by atoms with van der Waals surface area (Å²) in [6, 6.07) is 61.7. The van der Waals surface area contributed by atoms with E-state index in [9.17, 15) is 0 Å². The molecular weight excluding hydrogens is 583 g/mol. The zero-order valence-corrected chi connectivity index (χ0v) is 26.1. The zero-order valence-electron chi connectivity index (χ0n) is 26.1. The Morgan fingerprint density at radius 2 is 0.562 bits per heavy atom. The third-order valence-corrected chi connectivity index (χ3v) is 9.13. The fraction of sp³-hybridized carbons (Fsp3) is 0. The predicted octanol–water partition coefficient (Wildman–Crippen LogP) is 11.7. The molecule has 0 bridgehead atoms. The normalized spacial score (nSPS) is 11.3. The maximum atomic E-state index is 5.07. The Bertz CT molecular complexity index is 2480. The second-order valence-electron chi connectivity index (χ2n) is 12.0. The van der Waals surface area contributed by atoms with E-state index in [1.165, 1.54) is 43.8 Å². The van der Waals surface area contributed by atoms with Gasteiger partial charge in [0.1, 0.15) is 0 Å². The van der Waals surface area contributed by atoms with E-state index in [2.05, 4.69) is 115 Å². The number of hydrogen-bond acceptors (Lipinski definition) is 3. The van der Waals surface area contributed by atoms with E-state index in [1.807, 2.05) is 60.7 Å². The average molecular weight is 612 g/mol. The van der Waals surface area contributed by atoms with Crippen molar-refractivity contribution < 1.29 is 0 Å². The first-order valence-corrected chi connectivity index (χ1v) is 16.2. The van der Waals surface area contributed by atoms with E-state index in [0.717, 1.165) is 27.5 Å². The van der Waals surface area contributed by atoms with Gasteiger partial charge in [-0.3, -0.25) is 0 Å². The fourth-order valence-corrected chi connectivity index (χ4v) is 6.98. The number of aromatic nitrogens is 3. The lowest BCUT2D eigenvalue weighted by Gasteiger charge is -2.19. The molecule has 0 atom stereocenters. The lowest BCUT2D eigenvalue weighted by Crippen LogP contribution is -2.00. The summed E-state index contributed by atoms with van der Waals surface area (Å²) in [5.74, 6) is 1.96. The van der Waals surface area contributed by atoms with E-state index in [0.29, 0.717) is 17.5 Å². The van der Waals surface area contributed by atoms with Gasteiger partial charge in [-0.05, 0) is 60.6 Å². The van der Waals surface area contributed by atoms with Crippen LogP contribution in [0.4, 0.5) is 0 Å². The van der Waals surface area contributed by atoms with Crippen LogP contribution in [-0.2, 0) is 0 Å². The molecule has 0 spiro atoms. The first kappa shape index (κ1) is 27.8. The molecule has 9 aromatic rings. The van der Waals surface area contributed by atoms with Crippen molar-refractivity contribution in [2.24, 2.45) is 0 Å². The topological polar surface area (TPSA) is 38.7 Å². The van der Waals surface area contributed by atoms with E-state index in [4.69, 9.17) is 15.0 Å². The molecule has 0 saturated heterocycles. The molecule has 0 fully saturated rings. The molecule has 8 aromatic carbocycles. The summed E-state index contributed by atoms with van der Waals surface area (Å²) in [5, 5.41) is 7.18. The Balaban J connectivity index is 1.32. The van der Waals surface area contributed by atoms with Gasteiger partial charge < -0.3 is 0 Å². The Hall–Kier alpha value is -6.45. The third kappa shape index (κ3) is 4.72. The average Bonchev–Trinajstić information content (AvgIpc) is 3.17. The lowest BCUT2D eigenvalue weighted by molar-refractivity contribution is 1.08. The summed E-state index contributed by atoms with van der Waals surface area (Å²) in [7, 11) is 0. The minimum Gasteiger partial charge on any atom is -0.208 e. The monoisotopic (exact) mass is 611 g/mol. The summed E-state index contributed by atoms with van der Waals surface area (Å²) >= 11 is 0. The van der Waals surface area contributed by atoms with Crippen LogP contribution in [0.15, 0.2) is 176 Å². The van der Waals surface area contributed by atoms with Gasteiger partial charge in [0.05, 0.1) is 0 Å². The van der Waals surface area contributed by atoms with Crippen molar-refractivity contribution in [3.05, 3.63) is 176 Å². The van der Waals surface area contributed by atoms with Crippen molar-refractivity contribution in [2.45, 2.75) is 0 Å². The maximum absolute atomic E-state index is 5.07. The van der Waals surface area contributed by atoms with Gasteiger partial charge in [-0.2, -0.15) is 0 Å². The molecule has 1 heterocycles. The van der Waals surface area contributed by atoms with Crippen LogP contribution in [0.2, 0.25) is 0 Å². The van der Waals surface area contributed by atoms with Crippen LogP contribution in [0.25, 0.3) is 88.7 Å². The van der Waals surface area contributed by atoms with E-state index >= 15 is 0 Å². The third-order valence-electron chi connectivity index (χ3n) is 9.13. The highest BCUT2D eigenvalue weighted by atomic mass is 15.0. The van der Waals surface area contributed by atoms with Crippen molar-refractivity contribution >= 4 is 32.3 Å². The maximum Gasteiger partial charge on any atom is 0.164 e. The molecule has 48 heavy (non-hydrogen) atoms. The van der Waals surface area contributed by atoms with Gasteiger partial charge >= 0.3 is 0 Å². The van der Waals surface area contributed by atoms with Crippen LogP contribution in [0.3, 0.4) is 0 Å². The van der Waals surface area contributed by atoms with Crippen LogP contribution in [0.1, 0.15) is 0 Å². The largest absolute Gasteiger partial charge is 0.208 e. The standard InChI is InChI=1S/C45H29N3/c1-4-16-30(17-5-1)41-35-24-12-14-26-37(35)42(38-27-15-13-25-36(38)41)39-28-29-40(34-23-11-10-22-33(34)39)45-47-43(31-18-6-2-7-19-31)46-44(48-45)32-20-8-3-9-21-32/h1-29H. The Morgan fingerprint density at radius 3 is 1.04 bits per heavy atom. The first-order valence-electron chi connectivity index (χ1n) is 16.2. The minimum absolute atomic E-state index is 0.652. The summed E-state index contributed by atoms with van der Waals surface area (Å²) in [4.78, 5) is 15.1. The molecule has 1 aromatic heterocycles. The van der Waals surface area contributed by atoms with Crippen LogP contribution in [-0.4, -0.2) is 15.0 Å². The van der Waals surface area contributed by atoms with Crippen molar-refractivity contribution in [2.75, 3.05) is 0 Å². The lowest BCUT2D eigenvalue weighted by atomic mass is 9.84. The van der Waals surface area contributed by atoms with E-state index in [-0.39, 0.29) is 0 Å². The molecular formula is C45H29N3. The Kier molecular flexibility index (Phi) is 6.80. The quantitative estimate of drug-likeness (QED) is 0.182. The Morgan fingerprint density at radius 1 is 0.229 bits per heavy atom. The number of rotatable bonds is 5. The fourth-order valence-electron chi connectivity index (χ4n) is 6.98. The molecule has 3 nitrogen and oxygen atoms in total. The van der Waals surface area contributed by atoms with Gasteiger partial charge in [0, 0.05) is 16.7 Å². The number of nitrogens with zero attached hydrogens (tertiary/aromatic N) is 3. The highest BCUT2D eigenvalue weighted by Gasteiger charge is 2.20. The first-order chi connectivity index (χ1) is 23.8. The van der Waals surface area contributed by atoms with Crippen LogP contribution >= 0.6 is 0 Å². The molecule has 224 valence electrons. The summed E-state index contributed by atoms with van der Waals surface area (Å²) in [6.07, 6.45) is 0. The smallest absolute Gasteiger partial charge is 0.164 e. The van der Waals surface area contributed by atoms with Crippen LogP contribution in [0.5, 0.6) is 0 Å². The highest BCUT2D eigenvalue weighted by molar-refractivity contribution is 6.24. The van der Waals surface area contributed by atoms with E-state index in [1.54, 1.807) is 0 Å². The molecule has 0 aliphatic heterocycles. The molecule has 0 unspecified atom stereocenters. The second-order valence-corrected chi connectivity index (χ2v) is 12.0. The minimum atomic E-state index is 0.652. The Labute approximate surface area is 278 Å². The van der Waals surface area contributed by atoms with Gasteiger partial charge in [-0.15, -0.1) is 0 Å². The van der Waals surface area contributed by atoms with Gasteiger partial charge in [0.15, 0.2) is 17.5 Å². The van der Waals surface area contributed by atoms with Gasteiger partial charge in [-0.25, -0.2) is 15.0 Å². The zero-order chi connectivity index (χ0) is 31.9. The molecule has 3 heteroatoms. The van der Waals surface area contributed by atoms with Crippen molar-refractivity contribution in [1.29, 1.82) is 0 Å². The number of fused-ring (bicyclic) bond motifs is 3. The molecule has 0 aliphatic rings. The van der Waals surface area contributed by atoms with Gasteiger partial charge in [0.2, 0.25) is 0 Å². The molecule has 0 radical (unpaired) electrons. The number of hydrogen-bond donors (Lipinski definition) is 0. The van der Waals surface area contributed by atoms with Gasteiger partial charge in [0.25, 0.3) is 0 Å². The van der Waals surface area contributed by atoms with Crippen LogP contribution in [0, 0.1) is 0 Å². The molecule has 0 amide bonds. The molecule has 9 rings (SSSR count). The van der Waals surface area contributed by atoms with Crippen molar-refractivity contribution in [3.8, 4) is 56.4 Å². The summed E-state index contributed by atoms with van der Waals surface area (Å²) < 4.78 is 0. The second kappa shape index (κ2) is 11.7. The van der Waals surface area contributed by atoms with Crippen molar-refractivity contribution in [3.63, 3.8) is 0 Å². The summed E-state index contributed by atoms with van der Waals surface area (Å²) in [6.45, 7) is 0. The molecule has 0 saturated carbocycles. The molecule has 0 aliphatic carbocycles. The number of benzene rings is 8. The summed E-state index contributed by atoms with van der Waals surface area (Å²) in [5.41, 5.74) is 7.77. The SMILES string of the molecule is c1ccc(-c2nc(-c3ccccc3)nc(-c3ccc(-c4c5ccccc5c(-c5ccccc5)c5ccccc45)c4ccccc34)n2)cc1. The van der Waals surface area contributed by atoms with Gasteiger partial charge in [-0.1, -0.05) is 170 Å². The predicted molar refractivity (Wildman–Crippen MR) is 200 cm³/mol. The molecule has 0 N–H and O–H groups in total. The van der Waals surface area contributed by atoms with Crippen molar-refractivity contribution in [1.82, 2.24) is 15.0 Å². The highest BCUT2D eigenvalue weighted by Crippen LogP contribution is 2.46. The van der Waals surface area contributed by atoms with Crippen LogP contribution < -0.4 is 0 Å².